The summed E-state index contributed by atoms with van der Waals surface area (Å²) in [6, 6.07) is 0. The van der Waals surface area contributed by atoms with E-state index in [1.165, 1.54) is 4.90 Å². The fourth-order valence-electron chi connectivity index (χ4n) is 1.32. The number of nitrogens with one attached hydrogen (secondary N) is 1. The number of aromatic nitrogens is 2. The number of rotatable bonds is 5. The predicted molar refractivity (Wildman–Crippen MR) is 62.8 cm³/mol. The van der Waals surface area contributed by atoms with Crippen molar-refractivity contribution >= 4 is 18.1 Å². The molecule has 2 N–H and O–H groups in total. The Morgan fingerprint density at radius 2 is 2.25 bits per heavy atom. The van der Waals surface area contributed by atoms with Gasteiger partial charge in [0.25, 0.3) is 5.91 Å². The summed E-state index contributed by atoms with van der Waals surface area (Å²) in [6.45, 7) is 7.43. The van der Waals surface area contributed by atoms with Crippen molar-refractivity contribution in [3.8, 4) is 0 Å². The SMILES string of the molecule is C=Cc1[nH]nc(C(=O)N(C)CCO)c1C=C. The highest BCUT2D eigenvalue weighted by Crippen LogP contribution is 2.15. The van der Waals surface area contributed by atoms with Crippen LogP contribution in [0.4, 0.5) is 0 Å². The first kappa shape index (κ1) is 12.2. The molecule has 1 amide bonds. The Bertz CT molecular complexity index is 409. The average Bonchev–Trinajstić information content (AvgIpc) is 2.70. The van der Waals surface area contributed by atoms with Gasteiger partial charge in [-0.1, -0.05) is 19.2 Å². The van der Waals surface area contributed by atoms with Gasteiger partial charge in [0.2, 0.25) is 0 Å². The molecular weight excluding hydrogens is 206 g/mol. The van der Waals surface area contributed by atoms with Gasteiger partial charge < -0.3 is 10.0 Å². The number of H-pyrrole nitrogens is 1. The van der Waals surface area contributed by atoms with Crippen molar-refractivity contribution in [3.63, 3.8) is 0 Å². The van der Waals surface area contributed by atoms with Crippen molar-refractivity contribution in [3.05, 3.63) is 30.1 Å². The van der Waals surface area contributed by atoms with Gasteiger partial charge in [-0.05, 0) is 6.08 Å². The number of hydrogen-bond donors (Lipinski definition) is 2. The van der Waals surface area contributed by atoms with Crippen LogP contribution < -0.4 is 0 Å². The molecule has 5 heteroatoms. The normalized spacial score (nSPS) is 9.88. The highest BCUT2D eigenvalue weighted by molar-refractivity contribution is 5.96. The topological polar surface area (TPSA) is 69.2 Å². The summed E-state index contributed by atoms with van der Waals surface area (Å²) in [6.07, 6.45) is 3.13. The molecular formula is C11H15N3O2. The van der Waals surface area contributed by atoms with Gasteiger partial charge in [0.15, 0.2) is 5.69 Å². The summed E-state index contributed by atoms with van der Waals surface area (Å²) in [5.41, 5.74) is 1.58. The lowest BCUT2D eigenvalue weighted by atomic mass is 10.1. The van der Waals surface area contributed by atoms with Gasteiger partial charge in [-0.15, -0.1) is 0 Å². The van der Waals surface area contributed by atoms with Gasteiger partial charge in [0.05, 0.1) is 12.3 Å². The third kappa shape index (κ3) is 2.20. The molecule has 1 aromatic rings. The van der Waals surface area contributed by atoms with Gasteiger partial charge in [0, 0.05) is 19.2 Å². The number of hydrogen-bond acceptors (Lipinski definition) is 3. The lowest BCUT2D eigenvalue weighted by Gasteiger charge is -2.14. The van der Waals surface area contributed by atoms with Crippen molar-refractivity contribution in [1.82, 2.24) is 15.1 Å². The summed E-state index contributed by atoms with van der Waals surface area (Å²) >= 11 is 0. The van der Waals surface area contributed by atoms with E-state index in [1.54, 1.807) is 19.2 Å². The van der Waals surface area contributed by atoms with E-state index in [2.05, 4.69) is 23.4 Å². The fraction of sp³-hybridized carbons (Fsp3) is 0.273. The standard InChI is InChI=1S/C11H15N3O2/c1-4-8-9(5-2)12-13-10(8)11(16)14(3)6-7-15/h4-5,15H,1-2,6-7H2,3H3,(H,12,13). The molecule has 0 aliphatic rings. The largest absolute Gasteiger partial charge is 0.395 e. The van der Waals surface area contributed by atoms with Crippen molar-refractivity contribution in [1.29, 1.82) is 0 Å². The number of aliphatic hydroxyl groups excluding tert-OH is 1. The van der Waals surface area contributed by atoms with E-state index in [9.17, 15) is 4.79 Å². The smallest absolute Gasteiger partial charge is 0.274 e. The molecule has 1 heterocycles. The quantitative estimate of drug-likeness (QED) is 0.771. The van der Waals surface area contributed by atoms with Crippen LogP contribution in [0.1, 0.15) is 21.7 Å². The second-order valence-electron chi connectivity index (χ2n) is 3.26. The molecule has 1 rings (SSSR count). The molecule has 0 aromatic carbocycles. The van der Waals surface area contributed by atoms with Gasteiger partial charge in [-0.2, -0.15) is 5.10 Å². The average molecular weight is 221 g/mol. The second kappa shape index (κ2) is 5.27. The summed E-state index contributed by atoms with van der Waals surface area (Å²) in [4.78, 5) is 13.3. The molecule has 16 heavy (non-hydrogen) atoms. The van der Waals surface area contributed by atoms with Crippen LogP contribution in [0.5, 0.6) is 0 Å². The minimum absolute atomic E-state index is 0.0790. The Balaban J connectivity index is 3.03. The molecule has 0 spiro atoms. The Morgan fingerprint density at radius 1 is 1.56 bits per heavy atom. The molecule has 0 fully saturated rings. The highest BCUT2D eigenvalue weighted by atomic mass is 16.3. The summed E-state index contributed by atoms with van der Waals surface area (Å²) < 4.78 is 0. The van der Waals surface area contributed by atoms with Crippen LogP contribution in [0.3, 0.4) is 0 Å². The van der Waals surface area contributed by atoms with Crippen LogP contribution in [-0.4, -0.2) is 46.3 Å². The van der Waals surface area contributed by atoms with Gasteiger partial charge in [-0.25, -0.2) is 0 Å². The Labute approximate surface area is 94.1 Å². The zero-order valence-electron chi connectivity index (χ0n) is 9.23. The van der Waals surface area contributed by atoms with Gasteiger partial charge in [0.1, 0.15) is 0 Å². The first-order chi connectivity index (χ1) is 7.65. The lowest BCUT2D eigenvalue weighted by Crippen LogP contribution is -2.30. The van der Waals surface area contributed by atoms with Gasteiger partial charge >= 0.3 is 0 Å². The maximum Gasteiger partial charge on any atom is 0.274 e. The molecule has 0 radical (unpaired) electrons. The molecule has 1 aromatic heterocycles. The van der Waals surface area contributed by atoms with Crippen LogP contribution in [-0.2, 0) is 0 Å². The number of carbonyl (C=O) groups is 1. The molecule has 5 nitrogen and oxygen atoms in total. The van der Waals surface area contributed by atoms with Crippen molar-refractivity contribution < 1.29 is 9.90 Å². The maximum atomic E-state index is 11.9. The van der Waals surface area contributed by atoms with Crippen LogP contribution in [0.25, 0.3) is 12.2 Å². The first-order valence-electron chi connectivity index (χ1n) is 4.85. The summed E-state index contributed by atoms with van der Waals surface area (Å²) in [5, 5.41) is 15.4. The monoisotopic (exact) mass is 221 g/mol. The number of aliphatic hydroxyl groups is 1. The van der Waals surface area contributed by atoms with E-state index in [1.807, 2.05) is 0 Å². The molecule has 0 aliphatic carbocycles. The maximum absolute atomic E-state index is 11.9. The van der Waals surface area contributed by atoms with E-state index in [4.69, 9.17) is 5.11 Å². The minimum atomic E-state index is -0.256. The van der Waals surface area contributed by atoms with E-state index in [0.717, 1.165) is 0 Å². The molecule has 0 aliphatic heterocycles. The van der Waals surface area contributed by atoms with Crippen LogP contribution >= 0.6 is 0 Å². The molecule has 86 valence electrons. The molecule has 0 saturated heterocycles. The van der Waals surface area contributed by atoms with Crippen LogP contribution in [0.15, 0.2) is 13.2 Å². The van der Waals surface area contributed by atoms with Crippen LogP contribution in [0, 0.1) is 0 Å². The molecule has 0 atom stereocenters. The van der Waals surface area contributed by atoms with E-state index in [-0.39, 0.29) is 19.1 Å². The van der Waals surface area contributed by atoms with E-state index in [0.29, 0.717) is 17.0 Å². The Morgan fingerprint density at radius 3 is 2.75 bits per heavy atom. The lowest BCUT2D eigenvalue weighted by molar-refractivity contribution is 0.0761. The minimum Gasteiger partial charge on any atom is -0.395 e. The molecule has 0 saturated carbocycles. The molecule has 0 unspecified atom stereocenters. The van der Waals surface area contributed by atoms with Crippen molar-refractivity contribution in [2.45, 2.75) is 0 Å². The zero-order chi connectivity index (χ0) is 12.1. The predicted octanol–water partition coefficient (Wildman–Crippen LogP) is 0.760. The zero-order valence-corrected chi connectivity index (χ0v) is 9.23. The summed E-state index contributed by atoms with van der Waals surface area (Å²) in [5.74, 6) is -0.256. The number of nitrogens with zero attached hydrogens (tertiary/aromatic N) is 2. The van der Waals surface area contributed by atoms with Crippen molar-refractivity contribution in [2.75, 3.05) is 20.2 Å². The third-order valence-electron chi connectivity index (χ3n) is 2.23. The number of aromatic amines is 1. The van der Waals surface area contributed by atoms with Crippen molar-refractivity contribution in [2.24, 2.45) is 0 Å². The van der Waals surface area contributed by atoms with Gasteiger partial charge in [-0.3, -0.25) is 9.89 Å². The summed E-state index contributed by atoms with van der Waals surface area (Å²) in [7, 11) is 1.60. The second-order valence-corrected chi connectivity index (χ2v) is 3.26. The number of carbonyl (C=O) groups excluding carboxylic acids is 1. The third-order valence-corrected chi connectivity index (χ3v) is 2.23. The number of likely N-dealkylation sites (N-methyl/N-ethyl adjacent to an activating group) is 1. The highest BCUT2D eigenvalue weighted by Gasteiger charge is 2.19. The van der Waals surface area contributed by atoms with E-state index >= 15 is 0 Å². The first-order valence-corrected chi connectivity index (χ1v) is 4.85. The number of amides is 1. The Kier molecular flexibility index (Phi) is 4.02. The van der Waals surface area contributed by atoms with Crippen LogP contribution in [0.2, 0.25) is 0 Å². The van der Waals surface area contributed by atoms with E-state index < -0.39 is 0 Å². The molecule has 0 bridgehead atoms. The fourth-order valence-corrected chi connectivity index (χ4v) is 1.32. The Hall–Kier alpha value is -1.88.